The van der Waals surface area contributed by atoms with Crippen molar-refractivity contribution in [1.29, 1.82) is 0 Å². The molecule has 0 aromatic heterocycles. The summed E-state index contributed by atoms with van der Waals surface area (Å²) in [6.45, 7) is 0. The highest BCUT2D eigenvalue weighted by Gasteiger charge is 2.14. The number of aromatic hydroxyl groups is 1. The lowest BCUT2D eigenvalue weighted by Crippen LogP contribution is -2.37. The van der Waals surface area contributed by atoms with Gasteiger partial charge in [0.15, 0.2) is 0 Å². The summed E-state index contributed by atoms with van der Waals surface area (Å²) in [5.74, 6) is -0.542. The molecule has 0 saturated carbocycles. The smallest absolute Gasteiger partial charge is 0.241 e. The summed E-state index contributed by atoms with van der Waals surface area (Å²) in [5.41, 5.74) is 7.17. The van der Waals surface area contributed by atoms with Gasteiger partial charge in [0.25, 0.3) is 0 Å². The minimum Gasteiger partial charge on any atom is -0.508 e. The Balaban J connectivity index is 1.94. The van der Waals surface area contributed by atoms with Gasteiger partial charge in [-0.05, 0) is 48.4 Å². The van der Waals surface area contributed by atoms with Gasteiger partial charge in [-0.1, -0.05) is 12.1 Å². The highest BCUT2D eigenvalue weighted by Crippen LogP contribution is 2.12. The predicted molar refractivity (Wildman–Crippen MR) is 74.8 cm³/mol. The van der Waals surface area contributed by atoms with Gasteiger partial charge in [0.2, 0.25) is 5.91 Å². The van der Waals surface area contributed by atoms with Crippen LogP contribution in [0.4, 0.5) is 10.1 Å². The number of carbonyl (C=O) groups excluding carboxylic acids is 1. The van der Waals surface area contributed by atoms with Gasteiger partial charge in [0.05, 0.1) is 6.04 Å². The second-order valence-corrected chi connectivity index (χ2v) is 4.47. The Morgan fingerprint density at radius 2 is 1.75 bits per heavy atom. The standard InChI is InChI=1S/C15H15FN2O2/c16-11-3-5-12(6-4-11)18-15(20)14(17)9-10-1-7-13(19)8-2-10/h1-8,14,19H,9,17H2,(H,18,20)/t14-/m1/s1. The lowest BCUT2D eigenvalue weighted by molar-refractivity contribution is -0.117. The van der Waals surface area contributed by atoms with Crippen molar-refractivity contribution in [2.45, 2.75) is 12.5 Å². The Morgan fingerprint density at radius 3 is 2.35 bits per heavy atom. The van der Waals surface area contributed by atoms with Crippen molar-refractivity contribution in [3.05, 3.63) is 59.9 Å². The SMILES string of the molecule is N[C@H](Cc1ccc(O)cc1)C(=O)Nc1ccc(F)cc1. The molecule has 1 amide bonds. The molecule has 0 radical (unpaired) electrons. The summed E-state index contributed by atoms with van der Waals surface area (Å²) in [4.78, 5) is 11.9. The van der Waals surface area contributed by atoms with Crippen LogP contribution in [0.15, 0.2) is 48.5 Å². The van der Waals surface area contributed by atoms with Gasteiger partial charge < -0.3 is 16.2 Å². The maximum Gasteiger partial charge on any atom is 0.241 e. The number of rotatable bonds is 4. The molecule has 0 bridgehead atoms. The maximum absolute atomic E-state index is 12.7. The van der Waals surface area contributed by atoms with Gasteiger partial charge in [-0.3, -0.25) is 4.79 Å². The zero-order chi connectivity index (χ0) is 14.5. The van der Waals surface area contributed by atoms with Crippen LogP contribution in [-0.2, 0) is 11.2 Å². The Bertz CT molecular complexity index is 582. The van der Waals surface area contributed by atoms with Crippen LogP contribution in [-0.4, -0.2) is 17.1 Å². The van der Waals surface area contributed by atoms with E-state index in [1.54, 1.807) is 24.3 Å². The summed E-state index contributed by atoms with van der Waals surface area (Å²) in [6.07, 6.45) is 0.354. The lowest BCUT2D eigenvalue weighted by Gasteiger charge is -2.12. The maximum atomic E-state index is 12.7. The van der Waals surface area contributed by atoms with E-state index in [0.717, 1.165) is 5.56 Å². The number of halogens is 1. The molecule has 1 atom stereocenters. The van der Waals surface area contributed by atoms with Crippen LogP contribution in [0.3, 0.4) is 0 Å². The fourth-order valence-corrected chi connectivity index (χ4v) is 1.75. The molecule has 0 aliphatic rings. The van der Waals surface area contributed by atoms with Gasteiger partial charge in [0.1, 0.15) is 11.6 Å². The molecule has 0 spiro atoms. The van der Waals surface area contributed by atoms with E-state index in [2.05, 4.69) is 5.32 Å². The number of phenols is 1. The number of nitrogens with one attached hydrogen (secondary N) is 1. The number of hydrogen-bond acceptors (Lipinski definition) is 3. The molecule has 2 aromatic rings. The molecule has 0 aliphatic heterocycles. The second-order valence-electron chi connectivity index (χ2n) is 4.47. The number of nitrogens with two attached hydrogens (primary N) is 1. The van der Waals surface area contributed by atoms with E-state index < -0.39 is 6.04 Å². The Hall–Kier alpha value is -2.40. The van der Waals surface area contributed by atoms with E-state index in [9.17, 15) is 14.3 Å². The fraction of sp³-hybridized carbons (Fsp3) is 0.133. The average molecular weight is 274 g/mol. The van der Waals surface area contributed by atoms with Gasteiger partial charge in [0, 0.05) is 5.69 Å². The molecule has 0 heterocycles. The summed E-state index contributed by atoms with van der Waals surface area (Å²) in [5, 5.41) is 11.8. The van der Waals surface area contributed by atoms with E-state index in [1.807, 2.05) is 0 Å². The summed E-state index contributed by atoms with van der Waals surface area (Å²) < 4.78 is 12.7. The third-order valence-corrected chi connectivity index (χ3v) is 2.84. The minimum atomic E-state index is -0.718. The summed E-state index contributed by atoms with van der Waals surface area (Å²) in [6, 6.07) is 11.3. The molecule has 0 unspecified atom stereocenters. The van der Waals surface area contributed by atoms with E-state index in [4.69, 9.17) is 5.73 Å². The van der Waals surface area contributed by atoms with Crippen molar-refractivity contribution in [1.82, 2.24) is 0 Å². The number of hydrogen-bond donors (Lipinski definition) is 3. The number of anilines is 1. The van der Waals surface area contributed by atoms with Gasteiger partial charge in [-0.25, -0.2) is 4.39 Å². The number of phenolic OH excluding ortho intramolecular Hbond substituents is 1. The molecular weight excluding hydrogens is 259 g/mol. The first-order valence-corrected chi connectivity index (χ1v) is 6.14. The lowest BCUT2D eigenvalue weighted by atomic mass is 10.1. The topological polar surface area (TPSA) is 75.3 Å². The van der Waals surface area contributed by atoms with E-state index in [1.165, 1.54) is 24.3 Å². The van der Waals surface area contributed by atoms with E-state index >= 15 is 0 Å². The van der Waals surface area contributed by atoms with Crippen molar-refractivity contribution < 1.29 is 14.3 Å². The first kappa shape index (κ1) is 14.0. The zero-order valence-electron chi connectivity index (χ0n) is 10.7. The summed E-state index contributed by atoms with van der Waals surface area (Å²) in [7, 11) is 0. The highest BCUT2D eigenvalue weighted by atomic mass is 19.1. The van der Waals surface area contributed by atoms with Crippen LogP contribution in [0, 0.1) is 5.82 Å². The molecular formula is C15H15FN2O2. The predicted octanol–water partition coefficient (Wildman–Crippen LogP) is 2.04. The molecule has 0 saturated heterocycles. The van der Waals surface area contributed by atoms with Crippen molar-refractivity contribution in [3.8, 4) is 5.75 Å². The third kappa shape index (κ3) is 3.80. The second kappa shape index (κ2) is 6.16. The van der Waals surface area contributed by atoms with Crippen molar-refractivity contribution >= 4 is 11.6 Å². The van der Waals surface area contributed by atoms with Gasteiger partial charge >= 0.3 is 0 Å². The van der Waals surface area contributed by atoms with Crippen LogP contribution in [0.25, 0.3) is 0 Å². The van der Waals surface area contributed by atoms with Crippen molar-refractivity contribution in [2.75, 3.05) is 5.32 Å². The molecule has 2 rings (SSSR count). The molecule has 4 nitrogen and oxygen atoms in total. The molecule has 0 aliphatic carbocycles. The van der Waals surface area contributed by atoms with E-state index in [-0.39, 0.29) is 17.5 Å². The molecule has 4 N–H and O–H groups in total. The first-order valence-electron chi connectivity index (χ1n) is 6.14. The molecule has 104 valence electrons. The molecule has 0 fully saturated rings. The highest BCUT2D eigenvalue weighted by molar-refractivity contribution is 5.94. The Labute approximate surface area is 116 Å². The largest absolute Gasteiger partial charge is 0.508 e. The van der Waals surface area contributed by atoms with Crippen LogP contribution in [0.2, 0.25) is 0 Å². The Morgan fingerprint density at radius 1 is 1.15 bits per heavy atom. The normalized spacial score (nSPS) is 11.9. The zero-order valence-corrected chi connectivity index (χ0v) is 10.7. The number of carbonyl (C=O) groups is 1. The third-order valence-electron chi connectivity index (χ3n) is 2.84. The van der Waals surface area contributed by atoms with Crippen LogP contribution in [0.1, 0.15) is 5.56 Å². The van der Waals surface area contributed by atoms with Crippen molar-refractivity contribution in [2.24, 2.45) is 5.73 Å². The number of amides is 1. The van der Waals surface area contributed by atoms with Crippen molar-refractivity contribution in [3.63, 3.8) is 0 Å². The van der Waals surface area contributed by atoms with Crippen LogP contribution < -0.4 is 11.1 Å². The Kier molecular flexibility index (Phi) is 4.32. The summed E-state index contributed by atoms with van der Waals surface area (Å²) >= 11 is 0. The molecule has 5 heteroatoms. The van der Waals surface area contributed by atoms with Gasteiger partial charge in [-0.15, -0.1) is 0 Å². The van der Waals surface area contributed by atoms with Crippen LogP contribution in [0.5, 0.6) is 5.75 Å². The first-order chi connectivity index (χ1) is 9.54. The quantitative estimate of drug-likeness (QED) is 0.798. The fourth-order valence-electron chi connectivity index (χ4n) is 1.75. The monoisotopic (exact) mass is 274 g/mol. The van der Waals surface area contributed by atoms with Crippen LogP contribution >= 0.6 is 0 Å². The van der Waals surface area contributed by atoms with Gasteiger partial charge in [-0.2, -0.15) is 0 Å². The van der Waals surface area contributed by atoms with E-state index in [0.29, 0.717) is 12.1 Å². The number of benzene rings is 2. The average Bonchev–Trinajstić information content (AvgIpc) is 2.44. The molecule has 2 aromatic carbocycles. The minimum absolute atomic E-state index is 0.165. The molecule has 20 heavy (non-hydrogen) atoms.